The first-order chi connectivity index (χ1) is 10.3. The van der Waals surface area contributed by atoms with E-state index >= 15 is 0 Å². The second kappa shape index (κ2) is 6.98. The zero-order valence-electron chi connectivity index (χ0n) is 11.6. The van der Waals surface area contributed by atoms with Crippen molar-refractivity contribution in [1.29, 1.82) is 15.8 Å². The van der Waals surface area contributed by atoms with Gasteiger partial charge in [0.25, 0.3) is 0 Å². The average Bonchev–Trinajstić information content (AvgIpc) is 2.56. The highest BCUT2D eigenvalue weighted by Crippen LogP contribution is 2.29. The summed E-state index contributed by atoms with van der Waals surface area (Å²) < 4.78 is 0. The number of nitriles is 3. The van der Waals surface area contributed by atoms with Crippen LogP contribution in [-0.2, 0) is 0 Å². The van der Waals surface area contributed by atoms with Crippen molar-refractivity contribution in [2.24, 2.45) is 0 Å². The Kier molecular flexibility index (Phi) is 4.80. The molecule has 1 aliphatic heterocycles. The van der Waals surface area contributed by atoms with Crippen molar-refractivity contribution in [3.8, 4) is 18.2 Å². The molecule has 5 nitrogen and oxygen atoms in total. The third kappa shape index (κ3) is 3.32. The molecule has 0 aromatic heterocycles. The Hall–Kier alpha value is -2.97. The van der Waals surface area contributed by atoms with E-state index in [-0.39, 0.29) is 11.3 Å². The van der Waals surface area contributed by atoms with Crippen LogP contribution in [0.15, 0.2) is 35.5 Å². The van der Waals surface area contributed by atoms with E-state index in [1.165, 1.54) is 6.42 Å². The normalized spacial score (nSPS) is 13.5. The molecule has 1 aliphatic rings. The Morgan fingerprint density at radius 1 is 0.952 bits per heavy atom. The van der Waals surface area contributed by atoms with E-state index in [4.69, 9.17) is 15.8 Å². The van der Waals surface area contributed by atoms with Gasteiger partial charge in [0.05, 0.1) is 11.4 Å². The van der Waals surface area contributed by atoms with Crippen LogP contribution < -0.4 is 10.2 Å². The summed E-state index contributed by atoms with van der Waals surface area (Å²) in [7, 11) is 0. The van der Waals surface area contributed by atoms with Gasteiger partial charge in [-0.1, -0.05) is 12.1 Å². The minimum absolute atomic E-state index is 0.00976. The molecule has 0 atom stereocenters. The molecule has 1 saturated heterocycles. The average molecular weight is 277 g/mol. The van der Waals surface area contributed by atoms with Crippen molar-refractivity contribution in [1.82, 2.24) is 0 Å². The number of hydrogen-bond acceptors (Lipinski definition) is 5. The highest BCUT2D eigenvalue weighted by atomic mass is 15.1. The van der Waals surface area contributed by atoms with Crippen molar-refractivity contribution in [3.05, 3.63) is 35.5 Å². The summed E-state index contributed by atoms with van der Waals surface area (Å²) in [4.78, 5) is 2.26. The predicted molar refractivity (Wildman–Crippen MR) is 80.0 cm³/mol. The molecule has 0 radical (unpaired) electrons. The van der Waals surface area contributed by atoms with E-state index in [9.17, 15) is 0 Å². The van der Waals surface area contributed by atoms with Gasteiger partial charge in [-0.15, -0.1) is 0 Å². The molecule has 1 N–H and O–H groups in total. The molecule has 1 fully saturated rings. The smallest absolute Gasteiger partial charge is 0.163 e. The van der Waals surface area contributed by atoms with E-state index in [1.54, 1.807) is 12.1 Å². The van der Waals surface area contributed by atoms with Gasteiger partial charge in [-0.05, 0) is 31.4 Å². The van der Waals surface area contributed by atoms with Gasteiger partial charge in [-0.25, -0.2) is 0 Å². The summed E-state index contributed by atoms with van der Waals surface area (Å²) in [6.45, 7) is 1.96. The topological polar surface area (TPSA) is 86.6 Å². The lowest BCUT2D eigenvalue weighted by molar-refractivity contribution is 0.578. The van der Waals surface area contributed by atoms with Crippen molar-refractivity contribution in [2.45, 2.75) is 19.3 Å². The second-order valence-electron chi connectivity index (χ2n) is 4.78. The van der Waals surface area contributed by atoms with E-state index in [2.05, 4.69) is 10.2 Å². The molecule has 0 spiro atoms. The van der Waals surface area contributed by atoms with Crippen LogP contribution in [0.25, 0.3) is 0 Å². The number of nitrogens with zero attached hydrogens (tertiary/aromatic N) is 4. The Labute approximate surface area is 124 Å². The first-order valence-corrected chi connectivity index (χ1v) is 6.85. The first kappa shape index (κ1) is 14.4. The monoisotopic (exact) mass is 277 g/mol. The molecule has 1 aromatic carbocycles. The Morgan fingerprint density at radius 3 is 2.24 bits per heavy atom. The molecule has 5 heteroatoms. The maximum absolute atomic E-state index is 9.14. The van der Waals surface area contributed by atoms with Gasteiger partial charge in [-0.2, -0.15) is 15.8 Å². The van der Waals surface area contributed by atoms with Crippen LogP contribution in [-0.4, -0.2) is 13.1 Å². The number of benzene rings is 1. The van der Waals surface area contributed by atoms with Crippen LogP contribution in [0, 0.1) is 34.0 Å². The highest BCUT2D eigenvalue weighted by Gasteiger charge is 2.15. The summed E-state index contributed by atoms with van der Waals surface area (Å²) >= 11 is 0. The molecule has 0 amide bonds. The molecule has 1 aromatic rings. The minimum Gasteiger partial charge on any atom is -0.370 e. The summed E-state index contributed by atoms with van der Waals surface area (Å²) in [6.07, 6.45) is 3.54. The molecular formula is C16H15N5. The quantitative estimate of drug-likeness (QED) is 0.858. The molecule has 104 valence electrons. The summed E-state index contributed by atoms with van der Waals surface area (Å²) in [5.41, 5.74) is 1.54. The largest absolute Gasteiger partial charge is 0.370 e. The number of nitrogens with one attached hydrogen (secondary N) is 1. The van der Waals surface area contributed by atoms with E-state index in [0.29, 0.717) is 0 Å². The van der Waals surface area contributed by atoms with Crippen LogP contribution in [0.4, 0.5) is 11.4 Å². The molecule has 21 heavy (non-hydrogen) atoms. The number of allylic oxidation sites excluding steroid dienone is 2. The third-order valence-corrected chi connectivity index (χ3v) is 3.45. The highest BCUT2D eigenvalue weighted by molar-refractivity contribution is 5.73. The van der Waals surface area contributed by atoms with Crippen LogP contribution in [0.3, 0.4) is 0 Å². The van der Waals surface area contributed by atoms with Gasteiger partial charge in [0.2, 0.25) is 0 Å². The molecular weight excluding hydrogens is 262 g/mol. The zero-order valence-corrected chi connectivity index (χ0v) is 11.6. The fourth-order valence-electron chi connectivity index (χ4n) is 2.41. The Balaban J connectivity index is 2.33. The van der Waals surface area contributed by atoms with Crippen LogP contribution in [0.5, 0.6) is 0 Å². The van der Waals surface area contributed by atoms with Crippen molar-refractivity contribution >= 4 is 11.4 Å². The van der Waals surface area contributed by atoms with Crippen molar-refractivity contribution in [2.75, 3.05) is 23.3 Å². The third-order valence-electron chi connectivity index (χ3n) is 3.45. The van der Waals surface area contributed by atoms with E-state index in [0.717, 1.165) is 37.3 Å². The molecule has 0 aliphatic carbocycles. The summed E-state index contributed by atoms with van der Waals surface area (Å²) in [5, 5.41) is 29.8. The van der Waals surface area contributed by atoms with Gasteiger partial charge in [0.15, 0.2) is 5.57 Å². The Bertz CT molecular complexity index is 647. The zero-order chi connectivity index (χ0) is 15.1. The van der Waals surface area contributed by atoms with Crippen LogP contribution in [0.1, 0.15) is 19.3 Å². The maximum atomic E-state index is 9.14. The summed E-state index contributed by atoms with van der Waals surface area (Å²) in [6, 6.07) is 13.0. The number of anilines is 2. The van der Waals surface area contributed by atoms with E-state index in [1.807, 2.05) is 30.3 Å². The lowest BCUT2D eigenvalue weighted by atomic mass is 10.1. The first-order valence-electron chi connectivity index (χ1n) is 6.85. The lowest BCUT2D eigenvalue weighted by Crippen LogP contribution is -2.30. The van der Waals surface area contributed by atoms with Gasteiger partial charge in [-0.3, -0.25) is 0 Å². The molecule has 2 rings (SSSR count). The predicted octanol–water partition coefficient (Wildman–Crippen LogP) is 2.91. The van der Waals surface area contributed by atoms with Gasteiger partial charge >= 0.3 is 0 Å². The lowest BCUT2D eigenvalue weighted by Gasteiger charge is -2.30. The number of hydrogen-bond donors (Lipinski definition) is 1. The molecule has 0 saturated carbocycles. The molecule has 1 heterocycles. The van der Waals surface area contributed by atoms with Gasteiger partial charge < -0.3 is 10.2 Å². The van der Waals surface area contributed by atoms with Crippen molar-refractivity contribution < 1.29 is 0 Å². The molecule has 0 unspecified atom stereocenters. The number of para-hydroxylation sites is 2. The van der Waals surface area contributed by atoms with E-state index < -0.39 is 0 Å². The second-order valence-corrected chi connectivity index (χ2v) is 4.78. The number of rotatable bonds is 3. The standard InChI is InChI=1S/C16H15N5/c17-10-13(11-18)15(12-19)20-14-6-2-3-7-16(14)21-8-4-1-5-9-21/h2-3,6-7,20H,1,4-5,8-9H2. The van der Waals surface area contributed by atoms with Crippen LogP contribution >= 0.6 is 0 Å². The van der Waals surface area contributed by atoms with Gasteiger partial charge in [0, 0.05) is 13.1 Å². The Morgan fingerprint density at radius 2 is 1.62 bits per heavy atom. The van der Waals surface area contributed by atoms with Gasteiger partial charge in [0.1, 0.15) is 23.9 Å². The molecule has 0 bridgehead atoms. The minimum atomic E-state index is -0.203. The fraction of sp³-hybridized carbons (Fsp3) is 0.312. The van der Waals surface area contributed by atoms with Crippen molar-refractivity contribution in [3.63, 3.8) is 0 Å². The van der Waals surface area contributed by atoms with Crippen LogP contribution in [0.2, 0.25) is 0 Å². The number of piperidine rings is 1. The maximum Gasteiger partial charge on any atom is 0.163 e. The SMILES string of the molecule is N#CC(C#N)=C(C#N)Nc1ccccc1N1CCCCC1. The fourth-order valence-corrected chi connectivity index (χ4v) is 2.41. The summed E-state index contributed by atoms with van der Waals surface area (Å²) in [5.74, 6) is 0.